The standard InChI is InChI=1S/C23H15NO2.C2H6.15H2/c1-3-5-6-7-8-9-10-11-12-13-14-15-16-17-18-20-23(25)26-22-19-21-24-4-2;1-2;;;;;;;;;;;;;;;/h24H,4,19,21-22H2,1-2H3;1-2H3;15*1H/p+1. The largest absolute Gasteiger partial charge is 0.456 e. The normalized spacial score (nSPS) is 5.86. The Morgan fingerprint density at radius 1 is 0.786 bits per heavy atom. The van der Waals surface area contributed by atoms with Gasteiger partial charge in [-0.3, -0.25) is 0 Å². The van der Waals surface area contributed by atoms with Crippen LogP contribution in [0.3, 0.4) is 0 Å². The third-order valence-electron chi connectivity index (χ3n) is 2.18. The van der Waals surface area contributed by atoms with Crippen molar-refractivity contribution in [2.45, 2.75) is 34.1 Å². The third-order valence-corrected chi connectivity index (χ3v) is 2.18. The fraction of sp³-hybridized carbons (Fsp3) is 0.320. The van der Waals surface area contributed by atoms with Gasteiger partial charge in [0.2, 0.25) is 0 Å². The summed E-state index contributed by atoms with van der Waals surface area (Å²) in [7, 11) is 0. The van der Waals surface area contributed by atoms with Gasteiger partial charge in [-0.05, 0) is 96.7 Å². The van der Waals surface area contributed by atoms with Gasteiger partial charge < -0.3 is 10.1 Å². The van der Waals surface area contributed by atoms with Gasteiger partial charge in [0.05, 0.1) is 19.7 Å². The Balaban J connectivity index is -0.0000000259. The summed E-state index contributed by atoms with van der Waals surface area (Å²) >= 11 is 0. The number of nitrogens with two attached hydrogens (primary N) is 1. The van der Waals surface area contributed by atoms with E-state index >= 15 is 0 Å². The van der Waals surface area contributed by atoms with Crippen LogP contribution in [0.15, 0.2) is 0 Å². The molecule has 0 aliphatic rings. The summed E-state index contributed by atoms with van der Waals surface area (Å²) in [6.07, 6.45) is 0.798. The number of ether oxygens (including phenoxy) is 1. The van der Waals surface area contributed by atoms with E-state index in [0.29, 0.717) is 6.61 Å². The number of quaternary nitrogens is 1. The Morgan fingerprint density at radius 2 is 1.21 bits per heavy atom. The van der Waals surface area contributed by atoms with Gasteiger partial charge in [-0.25, -0.2) is 4.79 Å². The highest BCUT2D eigenvalue weighted by molar-refractivity contribution is 5.89. The number of carbonyl (C=O) groups is 1. The molecule has 0 rings (SSSR count). The van der Waals surface area contributed by atoms with E-state index in [1.807, 2.05) is 13.8 Å². The molecule has 0 aromatic heterocycles. The van der Waals surface area contributed by atoms with Crippen molar-refractivity contribution < 1.29 is 36.2 Å². The predicted octanol–water partition coefficient (Wildman–Crippen LogP) is 4.27. The molecule has 0 saturated carbocycles. The summed E-state index contributed by atoms with van der Waals surface area (Å²) in [5, 5.41) is 2.13. The highest BCUT2D eigenvalue weighted by Gasteiger charge is 1.96. The third kappa shape index (κ3) is 24.2. The molecule has 0 bridgehead atoms. The van der Waals surface area contributed by atoms with E-state index in [1.54, 1.807) is 6.92 Å². The van der Waals surface area contributed by atoms with Crippen molar-refractivity contribution in [1.82, 2.24) is 0 Å². The van der Waals surface area contributed by atoms with Crippen LogP contribution < -0.4 is 5.32 Å². The van der Waals surface area contributed by atoms with Gasteiger partial charge in [0.15, 0.2) is 0 Å². The van der Waals surface area contributed by atoms with Crippen LogP contribution in [-0.2, 0) is 9.53 Å². The topological polar surface area (TPSA) is 42.9 Å². The van der Waals surface area contributed by atoms with Crippen molar-refractivity contribution in [3.8, 4) is 94.7 Å². The van der Waals surface area contributed by atoms with E-state index in [-0.39, 0.29) is 21.4 Å². The lowest BCUT2D eigenvalue weighted by molar-refractivity contribution is -0.652. The number of carbonyl (C=O) groups excluding carboxylic acids is 1. The lowest BCUT2D eigenvalue weighted by Crippen LogP contribution is -2.83. The second-order valence-electron chi connectivity index (χ2n) is 4.10. The van der Waals surface area contributed by atoms with E-state index < -0.39 is 5.97 Å². The van der Waals surface area contributed by atoms with Gasteiger partial charge >= 0.3 is 5.97 Å². The first-order chi connectivity index (χ1) is 13.8. The van der Waals surface area contributed by atoms with Crippen LogP contribution in [0.25, 0.3) is 0 Å². The summed E-state index contributed by atoms with van der Waals surface area (Å²) in [4.78, 5) is 11.2. The summed E-state index contributed by atoms with van der Waals surface area (Å²) < 4.78 is 4.91. The molecular formula is C25H52NO2+. The highest BCUT2D eigenvalue weighted by atomic mass is 16.5. The monoisotopic (exact) mass is 398 g/mol. The molecule has 0 heterocycles. The predicted molar refractivity (Wildman–Crippen MR) is 144 cm³/mol. The Bertz CT molecular complexity index is 1010. The van der Waals surface area contributed by atoms with Crippen LogP contribution in [0, 0.1) is 94.7 Å². The van der Waals surface area contributed by atoms with Crippen LogP contribution in [0.1, 0.15) is 55.5 Å². The van der Waals surface area contributed by atoms with E-state index in [1.165, 1.54) is 0 Å². The van der Waals surface area contributed by atoms with Gasteiger partial charge in [0.25, 0.3) is 0 Å². The second kappa shape index (κ2) is 25.2. The lowest BCUT2D eigenvalue weighted by atomic mass is 10.4. The zero-order chi connectivity index (χ0) is 21.1. The number of rotatable bonds is 5. The Morgan fingerprint density at radius 3 is 1.64 bits per heavy atom. The highest BCUT2D eigenvalue weighted by Crippen LogP contribution is 1.79. The molecule has 3 nitrogen and oxygen atoms in total. The van der Waals surface area contributed by atoms with E-state index in [4.69, 9.17) is 4.74 Å². The maximum Gasteiger partial charge on any atom is 0.385 e. The van der Waals surface area contributed by atoms with Crippen molar-refractivity contribution >= 4 is 5.97 Å². The Kier molecular flexibility index (Phi) is 23.5. The quantitative estimate of drug-likeness (QED) is 0.325. The van der Waals surface area contributed by atoms with Crippen molar-refractivity contribution in [3.05, 3.63) is 0 Å². The molecule has 28 heavy (non-hydrogen) atoms. The molecule has 0 atom stereocenters. The van der Waals surface area contributed by atoms with Gasteiger partial charge in [-0.15, -0.1) is 0 Å². The Labute approximate surface area is 192 Å². The molecule has 0 fully saturated rings. The first-order valence-corrected chi connectivity index (χ1v) is 8.72. The van der Waals surface area contributed by atoms with Crippen molar-refractivity contribution in [3.63, 3.8) is 0 Å². The van der Waals surface area contributed by atoms with Crippen LogP contribution in [-0.4, -0.2) is 25.7 Å². The molecular weight excluding hydrogens is 346 g/mol. The molecule has 2 N–H and O–H groups in total. The van der Waals surface area contributed by atoms with Crippen LogP contribution in [0.2, 0.25) is 0 Å². The molecule has 0 unspecified atom stereocenters. The van der Waals surface area contributed by atoms with E-state index in [0.717, 1.165) is 19.5 Å². The number of hydrogen-bond donors (Lipinski definition) is 1. The zero-order valence-corrected chi connectivity index (χ0v) is 16.7. The Hall–Kier alpha value is -4.09. The summed E-state index contributed by atoms with van der Waals surface area (Å²) in [6, 6.07) is 0. The fourth-order valence-electron chi connectivity index (χ4n) is 1.15. The van der Waals surface area contributed by atoms with Crippen molar-refractivity contribution in [2.75, 3.05) is 19.7 Å². The minimum Gasteiger partial charge on any atom is -0.456 e. The maximum atomic E-state index is 11.2. The summed E-state index contributed by atoms with van der Waals surface area (Å²) in [5.74, 6) is 39.0. The lowest BCUT2D eigenvalue weighted by Gasteiger charge is -1.98. The van der Waals surface area contributed by atoms with Crippen molar-refractivity contribution in [1.29, 1.82) is 0 Å². The number of hydrogen-bond acceptors (Lipinski definition) is 2. The van der Waals surface area contributed by atoms with Gasteiger partial charge in [-0.1, -0.05) is 19.8 Å². The molecule has 3 heteroatoms. The first kappa shape index (κ1) is 26.1. The smallest absolute Gasteiger partial charge is 0.385 e. The minimum atomic E-state index is -0.591. The number of esters is 1. The molecule has 0 aromatic carbocycles. The molecule has 0 amide bonds. The maximum absolute atomic E-state index is 11.2. The molecule has 0 aromatic rings. The van der Waals surface area contributed by atoms with E-state index in [9.17, 15) is 4.79 Å². The molecule has 0 aliphatic carbocycles. The average Bonchev–Trinajstić information content (AvgIpc) is 2.72. The first-order valence-electron chi connectivity index (χ1n) is 8.72. The van der Waals surface area contributed by atoms with E-state index in [2.05, 4.69) is 107 Å². The van der Waals surface area contributed by atoms with Gasteiger partial charge in [-0.2, -0.15) is 0 Å². The molecule has 0 saturated heterocycles. The second-order valence-corrected chi connectivity index (χ2v) is 4.10. The van der Waals surface area contributed by atoms with Gasteiger partial charge in [0.1, 0.15) is 0 Å². The van der Waals surface area contributed by atoms with Crippen LogP contribution in [0.4, 0.5) is 0 Å². The molecule has 0 aliphatic heterocycles. The molecule has 0 radical (unpaired) electrons. The fourth-order valence-corrected chi connectivity index (χ4v) is 1.15. The SMILES string of the molecule is CC.CC#CC#CC#CC#CC#CC#CC#CC#CC(=O)OCCC[NH2+]CC.[HH].[HH].[HH].[HH].[HH].[HH].[HH].[HH].[HH].[HH].[HH].[HH].[HH].[HH].[HH]. The summed E-state index contributed by atoms with van der Waals surface area (Å²) in [5.41, 5.74) is 0. The molecule has 168 valence electrons. The molecule has 0 spiro atoms. The zero-order valence-electron chi connectivity index (χ0n) is 16.7. The van der Waals surface area contributed by atoms with Crippen LogP contribution >= 0.6 is 0 Å². The van der Waals surface area contributed by atoms with Crippen LogP contribution in [0.5, 0.6) is 0 Å². The minimum absolute atomic E-state index is 0. The van der Waals surface area contributed by atoms with Crippen molar-refractivity contribution in [2.24, 2.45) is 0 Å². The average molecular weight is 399 g/mol. The summed E-state index contributed by atoms with van der Waals surface area (Å²) in [6.45, 7) is 10.1. The van der Waals surface area contributed by atoms with Gasteiger partial charge in [0, 0.05) is 33.7 Å².